The number of nitrogens with one attached hydrogen (secondary N) is 1. The zero-order valence-corrected chi connectivity index (χ0v) is 11.2. The number of nitrogens with two attached hydrogens (primary N) is 1. The van der Waals surface area contributed by atoms with Gasteiger partial charge >= 0.3 is 6.18 Å². The fourth-order valence-corrected chi connectivity index (χ4v) is 1.89. The standard InChI is InChI=1S/C12H15F3N2OS/c1-2-19-6-5-18-10-4-3-8(11(16)17)7-9(10)12(13,14)15/h3-4,7H,2,5-6H2,1H3,(H3,16,17). The second-order valence-electron chi connectivity index (χ2n) is 3.67. The van der Waals surface area contributed by atoms with E-state index in [1.807, 2.05) is 6.92 Å². The maximum absolute atomic E-state index is 12.9. The number of hydrogen-bond acceptors (Lipinski definition) is 3. The molecule has 106 valence electrons. The molecule has 0 atom stereocenters. The molecule has 0 aliphatic heterocycles. The second-order valence-corrected chi connectivity index (χ2v) is 5.06. The molecule has 0 saturated heterocycles. The third-order valence-corrected chi connectivity index (χ3v) is 3.15. The van der Waals surface area contributed by atoms with Crippen LogP contribution in [0.5, 0.6) is 5.75 Å². The Balaban J connectivity index is 2.93. The van der Waals surface area contributed by atoms with Crippen molar-refractivity contribution in [1.82, 2.24) is 0 Å². The molecule has 1 rings (SSSR count). The van der Waals surface area contributed by atoms with Gasteiger partial charge in [0.05, 0.1) is 12.2 Å². The lowest BCUT2D eigenvalue weighted by Crippen LogP contribution is -2.15. The van der Waals surface area contributed by atoms with E-state index in [0.717, 1.165) is 11.8 Å². The van der Waals surface area contributed by atoms with Crippen LogP contribution in [0, 0.1) is 5.41 Å². The first-order valence-corrected chi connectivity index (χ1v) is 6.78. The summed E-state index contributed by atoms with van der Waals surface area (Å²) in [7, 11) is 0. The molecule has 3 N–H and O–H groups in total. The summed E-state index contributed by atoms with van der Waals surface area (Å²) < 4.78 is 43.8. The van der Waals surface area contributed by atoms with Crippen LogP contribution in [0.1, 0.15) is 18.1 Å². The van der Waals surface area contributed by atoms with Crippen molar-refractivity contribution in [3.8, 4) is 5.75 Å². The van der Waals surface area contributed by atoms with Crippen LogP contribution in [0.2, 0.25) is 0 Å². The molecule has 1 aromatic carbocycles. The van der Waals surface area contributed by atoms with Crippen molar-refractivity contribution in [2.75, 3.05) is 18.1 Å². The molecule has 3 nitrogen and oxygen atoms in total. The van der Waals surface area contributed by atoms with Crippen LogP contribution in [0.4, 0.5) is 13.2 Å². The minimum absolute atomic E-state index is 0.0302. The molecule has 0 unspecified atom stereocenters. The minimum atomic E-state index is -4.53. The summed E-state index contributed by atoms with van der Waals surface area (Å²) >= 11 is 1.59. The molecule has 0 aromatic heterocycles. The second kappa shape index (κ2) is 6.70. The maximum atomic E-state index is 12.9. The summed E-state index contributed by atoms with van der Waals surface area (Å²) in [6.45, 7) is 2.18. The molecular formula is C12H15F3N2OS. The molecule has 0 aliphatic carbocycles. The van der Waals surface area contributed by atoms with Gasteiger partial charge in [-0.15, -0.1) is 0 Å². The summed E-state index contributed by atoms with van der Waals surface area (Å²) in [5.74, 6) is 0.883. The van der Waals surface area contributed by atoms with Crippen molar-refractivity contribution in [1.29, 1.82) is 5.41 Å². The van der Waals surface area contributed by atoms with E-state index >= 15 is 0 Å². The predicted molar refractivity (Wildman–Crippen MR) is 71.0 cm³/mol. The average molecular weight is 292 g/mol. The number of ether oxygens (including phenoxy) is 1. The quantitative estimate of drug-likeness (QED) is 0.481. The lowest BCUT2D eigenvalue weighted by Gasteiger charge is -2.15. The van der Waals surface area contributed by atoms with Crippen LogP contribution >= 0.6 is 11.8 Å². The van der Waals surface area contributed by atoms with E-state index in [2.05, 4.69) is 0 Å². The number of thioether (sulfide) groups is 1. The zero-order valence-electron chi connectivity index (χ0n) is 10.4. The van der Waals surface area contributed by atoms with Crippen molar-refractivity contribution < 1.29 is 17.9 Å². The normalized spacial score (nSPS) is 11.4. The van der Waals surface area contributed by atoms with E-state index in [1.165, 1.54) is 12.1 Å². The Hall–Kier alpha value is -1.37. The first-order valence-electron chi connectivity index (χ1n) is 5.62. The highest BCUT2D eigenvalue weighted by Gasteiger charge is 2.34. The summed E-state index contributed by atoms with van der Waals surface area (Å²) in [6.07, 6.45) is -4.53. The Labute approximate surface area is 113 Å². The fraction of sp³-hybridized carbons (Fsp3) is 0.417. The van der Waals surface area contributed by atoms with E-state index in [4.69, 9.17) is 15.9 Å². The average Bonchev–Trinajstić information content (AvgIpc) is 2.33. The minimum Gasteiger partial charge on any atom is -0.492 e. The number of benzene rings is 1. The van der Waals surface area contributed by atoms with Crippen molar-refractivity contribution in [3.63, 3.8) is 0 Å². The Morgan fingerprint density at radius 1 is 1.42 bits per heavy atom. The third-order valence-electron chi connectivity index (χ3n) is 2.29. The van der Waals surface area contributed by atoms with Gasteiger partial charge in [-0.1, -0.05) is 6.92 Å². The van der Waals surface area contributed by atoms with E-state index < -0.39 is 17.6 Å². The van der Waals surface area contributed by atoms with Crippen molar-refractivity contribution in [2.24, 2.45) is 5.73 Å². The first-order chi connectivity index (χ1) is 8.86. The van der Waals surface area contributed by atoms with Gasteiger partial charge in [0.25, 0.3) is 0 Å². The van der Waals surface area contributed by atoms with Gasteiger partial charge in [-0.25, -0.2) is 0 Å². The van der Waals surface area contributed by atoms with Gasteiger partial charge in [0.15, 0.2) is 0 Å². The van der Waals surface area contributed by atoms with E-state index in [1.54, 1.807) is 11.8 Å². The maximum Gasteiger partial charge on any atom is 0.419 e. The molecule has 0 bridgehead atoms. The molecule has 19 heavy (non-hydrogen) atoms. The van der Waals surface area contributed by atoms with E-state index in [9.17, 15) is 13.2 Å². The van der Waals surface area contributed by atoms with Crippen LogP contribution < -0.4 is 10.5 Å². The predicted octanol–water partition coefficient (Wildman–Crippen LogP) is 3.12. The van der Waals surface area contributed by atoms with Crippen molar-refractivity contribution in [3.05, 3.63) is 29.3 Å². The Morgan fingerprint density at radius 2 is 2.11 bits per heavy atom. The largest absolute Gasteiger partial charge is 0.492 e. The molecule has 0 aliphatic rings. The number of hydrogen-bond donors (Lipinski definition) is 2. The number of alkyl halides is 3. The molecule has 0 heterocycles. The van der Waals surface area contributed by atoms with Crippen LogP contribution in [0.15, 0.2) is 18.2 Å². The highest BCUT2D eigenvalue weighted by Crippen LogP contribution is 2.36. The van der Waals surface area contributed by atoms with Gasteiger partial charge in [-0.3, -0.25) is 5.41 Å². The fourth-order valence-electron chi connectivity index (χ4n) is 1.40. The van der Waals surface area contributed by atoms with Crippen LogP contribution in [0.25, 0.3) is 0 Å². The first kappa shape index (κ1) is 15.7. The summed E-state index contributed by atoms with van der Waals surface area (Å²) in [5, 5.41) is 7.17. The van der Waals surface area contributed by atoms with Crippen molar-refractivity contribution >= 4 is 17.6 Å². The van der Waals surface area contributed by atoms with Crippen molar-refractivity contribution in [2.45, 2.75) is 13.1 Å². The Bertz CT molecular complexity index is 449. The SMILES string of the molecule is CCSCCOc1ccc(C(=N)N)cc1C(F)(F)F. The smallest absolute Gasteiger partial charge is 0.419 e. The number of rotatable bonds is 6. The van der Waals surface area contributed by atoms with E-state index in [0.29, 0.717) is 5.75 Å². The molecule has 7 heteroatoms. The number of nitrogen functional groups attached to an aromatic ring is 1. The molecule has 1 aromatic rings. The van der Waals surface area contributed by atoms with Crippen LogP contribution in [-0.4, -0.2) is 23.9 Å². The monoisotopic (exact) mass is 292 g/mol. The van der Waals surface area contributed by atoms with Crippen LogP contribution in [-0.2, 0) is 6.18 Å². The highest BCUT2D eigenvalue weighted by molar-refractivity contribution is 7.99. The Kier molecular flexibility index (Phi) is 5.53. The highest BCUT2D eigenvalue weighted by atomic mass is 32.2. The molecule has 0 spiro atoms. The van der Waals surface area contributed by atoms with Gasteiger partial charge in [0.1, 0.15) is 11.6 Å². The summed E-state index contributed by atoms with van der Waals surface area (Å²) in [5.41, 5.74) is 4.32. The zero-order chi connectivity index (χ0) is 14.5. The molecule has 0 amide bonds. The van der Waals surface area contributed by atoms with Gasteiger partial charge < -0.3 is 10.5 Å². The summed E-state index contributed by atoms with van der Waals surface area (Å²) in [6, 6.07) is 3.39. The molecular weight excluding hydrogens is 277 g/mol. The topological polar surface area (TPSA) is 59.1 Å². The Morgan fingerprint density at radius 3 is 2.63 bits per heavy atom. The van der Waals surface area contributed by atoms with Gasteiger partial charge in [0.2, 0.25) is 0 Å². The molecule has 0 fully saturated rings. The molecule has 0 saturated carbocycles. The van der Waals surface area contributed by atoms with Crippen LogP contribution in [0.3, 0.4) is 0 Å². The lowest BCUT2D eigenvalue weighted by atomic mass is 10.1. The number of halogens is 3. The lowest BCUT2D eigenvalue weighted by molar-refractivity contribution is -0.138. The third kappa shape index (κ3) is 4.66. The summed E-state index contributed by atoms with van der Waals surface area (Å²) in [4.78, 5) is 0. The van der Waals surface area contributed by atoms with E-state index in [-0.39, 0.29) is 17.9 Å². The van der Waals surface area contributed by atoms with Gasteiger partial charge in [0, 0.05) is 11.3 Å². The van der Waals surface area contributed by atoms with Gasteiger partial charge in [-0.2, -0.15) is 24.9 Å². The number of amidine groups is 1. The van der Waals surface area contributed by atoms with Gasteiger partial charge in [-0.05, 0) is 24.0 Å². The molecule has 0 radical (unpaired) electrons.